The second-order valence-corrected chi connectivity index (χ2v) is 6.17. The molecule has 2 heterocycles. The summed E-state index contributed by atoms with van der Waals surface area (Å²) < 4.78 is 0. The van der Waals surface area contributed by atoms with Crippen LogP contribution in [0.3, 0.4) is 0 Å². The van der Waals surface area contributed by atoms with Gasteiger partial charge in [-0.2, -0.15) is 0 Å². The number of amides is 1. The average molecular weight is 263 g/mol. The van der Waals surface area contributed by atoms with Gasteiger partial charge in [-0.3, -0.25) is 4.79 Å². The minimum absolute atomic E-state index is 0.00169. The van der Waals surface area contributed by atoms with Crippen molar-refractivity contribution in [3.8, 4) is 0 Å². The van der Waals surface area contributed by atoms with E-state index in [9.17, 15) is 4.79 Å². The maximum Gasteiger partial charge on any atom is 0.240 e. The molecule has 0 radical (unpaired) electrons. The molecule has 18 heavy (non-hydrogen) atoms. The number of nitrogens with zero attached hydrogens (tertiary/aromatic N) is 1. The molecule has 1 aromatic carbocycles. The highest BCUT2D eigenvalue weighted by Gasteiger charge is 2.37. The molecule has 5 heteroatoms. The Morgan fingerprint density at radius 1 is 1.50 bits per heavy atom. The third kappa shape index (κ3) is 1.83. The minimum atomic E-state index is 0.00169. The van der Waals surface area contributed by atoms with Crippen molar-refractivity contribution in [3.63, 3.8) is 0 Å². The van der Waals surface area contributed by atoms with Crippen molar-refractivity contribution in [2.45, 2.75) is 29.7 Å². The molecule has 0 aliphatic carbocycles. The van der Waals surface area contributed by atoms with E-state index in [1.165, 1.54) is 4.90 Å². The Balaban J connectivity index is 2.04. The van der Waals surface area contributed by atoms with Gasteiger partial charge in [0.15, 0.2) is 0 Å². The van der Waals surface area contributed by atoms with E-state index in [1.54, 1.807) is 11.8 Å². The molecule has 1 saturated heterocycles. The van der Waals surface area contributed by atoms with Crippen LogP contribution in [0.5, 0.6) is 0 Å². The van der Waals surface area contributed by atoms with Gasteiger partial charge in [-0.1, -0.05) is 6.07 Å². The lowest BCUT2D eigenvalue weighted by atomic mass is 10.1. The minimum Gasteiger partial charge on any atom is -0.326 e. The molecular weight excluding hydrogens is 246 g/mol. The standard InChI is InChI=1S/C13H17N3OS/c1-8-13(17)16(10-6-15-7-10)11-4-9(5-14)2-3-12(11)18-8/h2-4,8,10,15H,5-7,14H2,1H3. The molecule has 1 unspecified atom stereocenters. The number of hydrogen-bond acceptors (Lipinski definition) is 4. The number of carbonyl (C=O) groups excluding carboxylic acids is 1. The molecule has 3 N–H and O–H groups in total. The van der Waals surface area contributed by atoms with E-state index < -0.39 is 0 Å². The first kappa shape index (κ1) is 12.0. The van der Waals surface area contributed by atoms with Crippen molar-refractivity contribution in [2.75, 3.05) is 18.0 Å². The van der Waals surface area contributed by atoms with Gasteiger partial charge in [0.05, 0.1) is 17.0 Å². The van der Waals surface area contributed by atoms with E-state index in [0.29, 0.717) is 12.6 Å². The van der Waals surface area contributed by atoms with E-state index in [1.807, 2.05) is 17.9 Å². The van der Waals surface area contributed by atoms with Gasteiger partial charge in [-0.15, -0.1) is 11.8 Å². The summed E-state index contributed by atoms with van der Waals surface area (Å²) in [6.45, 7) is 4.26. The normalized spacial score (nSPS) is 23.8. The largest absolute Gasteiger partial charge is 0.326 e. The topological polar surface area (TPSA) is 58.4 Å². The maximum absolute atomic E-state index is 12.4. The molecule has 0 bridgehead atoms. The Hall–Kier alpha value is -1.04. The Labute approximate surface area is 111 Å². The quantitative estimate of drug-likeness (QED) is 0.834. The van der Waals surface area contributed by atoms with Gasteiger partial charge in [-0.25, -0.2) is 0 Å². The fraction of sp³-hybridized carbons (Fsp3) is 0.462. The number of anilines is 1. The molecule has 0 spiro atoms. The SMILES string of the molecule is CC1Sc2ccc(CN)cc2N(C2CNC2)C1=O. The second-order valence-electron chi connectivity index (χ2n) is 4.79. The van der Waals surface area contributed by atoms with Gasteiger partial charge in [0.1, 0.15) is 0 Å². The summed E-state index contributed by atoms with van der Waals surface area (Å²) in [7, 11) is 0. The monoisotopic (exact) mass is 263 g/mol. The highest BCUT2D eigenvalue weighted by Crippen LogP contribution is 2.40. The summed E-state index contributed by atoms with van der Waals surface area (Å²) in [4.78, 5) is 15.5. The smallest absolute Gasteiger partial charge is 0.240 e. The zero-order chi connectivity index (χ0) is 12.7. The van der Waals surface area contributed by atoms with Crippen LogP contribution in [-0.4, -0.2) is 30.3 Å². The number of carbonyl (C=O) groups is 1. The molecule has 1 aromatic rings. The van der Waals surface area contributed by atoms with Crippen LogP contribution in [0.15, 0.2) is 23.1 Å². The summed E-state index contributed by atoms with van der Waals surface area (Å²) in [5, 5.41) is 3.23. The second kappa shape index (κ2) is 4.57. The number of rotatable bonds is 2. The fourth-order valence-corrected chi connectivity index (χ4v) is 3.39. The number of nitrogens with one attached hydrogen (secondary N) is 1. The summed E-state index contributed by atoms with van der Waals surface area (Å²) in [5.74, 6) is 0.216. The molecule has 0 aromatic heterocycles. The third-order valence-electron chi connectivity index (χ3n) is 3.53. The van der Waals surface area contributed by atoms with Gasteiger partial charge in [-0.05, 0) is 24.6 Å². The first-order valence-electron chi connectivity index (χ1n) is 6.24. The molecule has 1 atom stereocenters. The molecule has 1 fully saturated rings. The van der Waals surface area contributed by atoms with Crippen LogP contribution in [0.25, 0.3) is 0 Å². The Kier molecular flexibility index (Phi) is 3.05. The first-order valence-corrected chi connectivity index (χ1v) is 7.12. The average Bonchev–Trinajstić information content (AvgIpc) is 2.32. The van der Waals surface area contributed by atoms with E-state index in [-0.39, 0.29) is 11.2 Å². The van der Waals surface area contributed by atoms with Crippen LogP contribution >= 0.6 is 11.8 Å². The third-order valence-corrected chi connectivity index (χ3v) is 4.69. The fourth-order valence-electron chi connectivity index (χ4n) is 2.37. The highest BCUT2D eigenvalue weighted by molar-refractivity contribution is 8.00. The predicted octanol–water partition coefficient (Wildman–Crippen LogP) is 0.944. The Morgan fingerprint density at radius 2 is 2.28 bits per heavy atom. The van der Waals surface area contributed by atoms with Crippen molar-refractivity contribution < 1.29 is 4.79 Å². The van der Waals surface area contributed by atoms with Gasteiger partial charge in [0.25, 0.3) is 0 Å². The van der Waals surface area contributed by atoms with Crippen LogP contribution in [0.2, 0.25) is 0 Å². The number of nitrogens with two attached hydrogens (primary N) is 1. The van der Waals surface area contributed by atoms with Crippen LogP contribution in [-0.2, 0) is 11.3 Å². The molecule has 4 nitrogen and oxygen atoms in total. The van der Waals surface area contributed by atoms with Crippen molar-refractivity contribution in [1.82, 2.24) is 5.32 Å². The molecular formula is C13H17N3OS. The van der Waals surface area contributed by atoms with Gasteiger partial charge in [0, 0.05) is 24.5 Å². The van der Waals surface area contributed by atoms with Crippen LogP contribution < -0.4 is 16.0 Å². The molecule has 0 saturated carbocycles. The van der Waals surface area contributed by atoms with Crippen molar-refractivity contribution >= 4 is 23.4 Å². The van der Waals surface area contributed by atoms with E-state index in [2.05, 4.69) is 17.4 Å². The molecule has 2 aliphatic rings. The number of hydrogen-bond donors (Lipinski definition) is 2. The van der Waals surface area contributed by atoms with Crippen LogP contribution in [0, 0.1) is 0 Å². The van der Waals surface area contributed by atoms with Gasteiger partial charge < -0.3 is 16.0 Å². The van der Waals surface area contributed by atoms with Crippen LogP contribution in [0.1, 0.15) is 12.5 Å². The van der Waals surface area contributed by atoms with Crippen molar-refractivity contribution in [2.24, 2.45) is 5.73 Å². The number of benzene rings is 1. The predicted molar refractivity (Wildman–Crippen MR) is 73.8 cm³/mol. The van der Waals surface area contributed by atoms with E-state index >= 15 is 0 Å². The molecule has 3 rings (SSSR count). The maximum atomic E-state index is 12.4. The first-order chi connectivity index (χ1) is 8.70. The summed E-state index contributed by atoms with van der Waals surface area (Å²) in [6.07, 6.45) is 0. The lowest BCUT2D eigenvalue weighted by Gasteiger charge is -2.42. The summed E-state index contributed by atoms with van der Waals surface area (Å²) in [5.41, 5.74) is 7.81. The number of thioether (sulfide) groups is 1. The molecule has 96 valence electrons. The zero-order valence-electron chi connectivity index (χ0n) is 10.3. The number of fused-ring (bicyclic) bond motifs is 1. The van der Waals surface area contributed by atoms with E-state index in [4.69, 9.17) is 5.73 Å². The van der Waals surface area contributed by atoms with Crippen molar-refractivity contribution in [3.05, 3.63) is 23.8 Å². The zero-order valence-corrected chi connectivity index (χ0v) is 11.2. The Morgan fingerprint density at radius 3 is 2.89 bits per heavy atom. The van der Waals surface area contributed by atoms with Gasteiger partial charge in [0.2, 0.25) is 5.91 Å². The molecule has 1 amide bonds. The summed E-state index contributed by atoms with van der Waals surface area (Å²) in [6, 6.07) is 6.49. The highest BCUT2D eigenvalue weighted by atomic mass is 32.2. The lowest BCUT2D eigenvalue weighted by Crippen LogP contribution is -2.61. The van der Waals surface area contributed by atoms with Crippen molar-refractivity contribution in [1.29, 1.82) is 0 Å². The Bertz CT molecular complexity index is 487. The summed E-state index contributed by atoms with van der Waals surface area (Å²) >= 11 is 1.64. The van der Waals surface area contributed by atoms with E-state index in [0.717, 1.165) is 24.3 Å². The van der Waals surface area contributed by atoms with Gasteiger partial charge >= 0.3 is 0 Å². The molecule has 2 aliphatic heterocycles. The lowest BCUT2D eigenvalue weighted by molar-refractivity contribution is -0.118. The van der Waals surface area contributed by atoms with Crippen LogP contribution in [0.4, 0.5) is 5.69 Å².